The number of amides is 2. The maximum atomic E-state index is 12.3. The highest BCUT2D eigenvalue weighted by Crippen LogP contribution is 2.27. The standard InChI is InChI=1S/C19H23N3O4.ClH/c1-25-15-7-3-5-13(9-15)19(14-6-4-8-16(10-14)26-2)22-18(24)12-21-17(23)11-20;/h3-10,19H,11-12,20H2,1-2H3,(H,21,23)(H,22,24);1H. The zero-order valence-electron chi connectivity index (χ0n) is 15.2. The molecule has 0 heterocycles. The van der Waals surface area contributed by atoms with Gasteiger partial charge in [-0.1, -0.05) is 24.3 Å². The van der Waals surface area contributed by atoms with E-state index in [4.69, 9.17) is 15.2 Å². The molecule has 8 heteroatoms. The van der Waals surface area contributed by atoms with E-state index >= 15 is 0 Å². The molecular weight excluding hydrogens is 370 g/mol. The average molecular weight is 394 g/mol. The third-order valence-corrected chi connectivity index (χ3v) is 3.79. The number of carbonyl (C=O) groups excluding carboxylic acids is 2. The Morgan fingerprint density at radius 3 is 1.93 bits per heavy atom. The van der Waals surface area contributed by atoms with E-state index < -0.39 is 6.04 Å². The van der Waals surface area contributed by atoms with Gasteiger partial charge < -0.3 is 25.8 Å². The molecule has 0 spiro atoms. The largest absolute Gasteiger partial charge is 0.497 e. The van der Waals surface area contributed by atoms with Crippen LogP contribution in [-0.2, 0) is 9.59 Å². The first-order valence-corrected chi connectivity index (χ1v) is 8.11. The van der Waals surface area contributed by atoms with Crippen LogP contribution in [0.25, 0.3) is 0 Å². The zero-order chi connectivity index (χ0) is 18.9. The fourth-order valence-corrected chi connectivity index (χ4v) is 2.46. The summed E-state index contributed by atoms with van der Waals surface area (Å²) in [4.78, 5) is 23.6. The van der Waals surface area contributed by atoms with Crippen molar-refractivity contribution in [3.8, 4) is 11.5 Å². The number of ether oxygens (including phenoxy) is 2. The molecule has 0 aliphatic rings. The molecular formula is C19H24ClN3O4. The second-order valence-corrected chi connectivity index (χ2v) is 5.53. The van der Waals surface area contributed by atoms with Crippen molar-refractivity contribution < 1.29 is 19.1 Å². The summed E-state index contributed by atoms with van der Waals surface area (Å²) in [6.45, 7) is -0.317. The highest BCUT2D eigenvalue weighted by Gasteiger charge is 2.18. The Bertz CT molecular complexity index is 723. The molecule has 0 atom stereocenters. The van der Waals surface area contributed by atoms with Crippen molar-refractivity contribution in [2.75, 3.05) is 27.3 Å². The van der Waals surface area contributed by atoms with Crippen LogP contribution in [-0.4, -0.2) is 39.1 Å². The predicted octanol–water partition coefficient (Wildman–Crippen LogP) is 1.41. The van der Waals surface area contributed by atoms with Gasteiger partial charge in [0.15, 0.2) is 0 Å². The minimum Gasteiger partial charge on any atom is -0.497 e. The Morgan fingerprint density at radius 1 is 0.963 bits per heavy atom. The maximum absolute atomic E-state index is 12.3. The normalized spacial score (nSPS) is 9.93. The van der Waals surface area contributed by atoms with Gasteiger partial charge in [0, 0.05) is 0 Å². The van der Waals surface area contributed by atoms with Crippen LogP contribution in [0.1, 0.15) is 17.2 Å². The van der Waals surface area contributed by atoms with Crippen molar-refractivity contribution >= 4 is 24.2 Å². The van der Waals surface area contributed by atoms with Gasteiger partial charge in [0.25, 0.3) is 0 Å². The quantitative estimate of drug-likeness (QED) is 0.629. The molecule has 2 amide bonds. The molecule has 0 aromatic heterocycles. The molecule has 0 aliphatic heterocycles. The lowest BCUT2D eigenvalue weighted by Gasteiger charge is -2.21. The fraction of sp³-hybridized carbons (Fsp3) is 0.263. The maximum Gasteiger partial charge on any atom is 0.240 e. The van der Waals surface area contributed by atoms with E-state index in [2.05, 4.69) is 10.6 Å². The van der Waals surface area contributed by atoms with E-state index in [1.807, 2.05) is 48.5 Å². The summed E-state index contributed by atoms with van der Waals surface area (Å²) in [5.74, 6) is 0.643. The van der Waals surface area contributed by atoms with Crippen LogP contribution < -0.4 is 25.8 Å². The number of hydrogen-bond acceptors (Lipinski definition) is 5. The van der Waals surface area contributed by atoms with E-state index in [0.717, 1.165) is 11.1 Å². The van der Waals surface area contributed by atoms with Gasteiger partial charge in [-0.15, -0.1) is 12.4 Å². The third kappa shape index (κ3) is 6.47. The first-order chi connectivity index (χ1) is 12.6. The van der Waals surface area contributed by atoms with E-state index in [9.17, 15) is 9.59 Å². The van der Waals surface area contributed by atoms with Gasteiger partial charge in [-0.05, 0) is 35.4 Å². The molecule has 0 fully saturated rings. The van der Waals surface area contributed by atoms with Crippen LogP contribution in [0.2, 0.25) is 0 Å². The number of nitrogens with two attached hydrogens (primary N) is 1. The van der Waals surface area contributed by atoms with Crippen LogP contribution >= 0.6 is 12.4 Å². The molecule has 0 saturated carbocycles. The number of benzene rings is 2. The van der Waals surface area contributed by atoms with Crippen molar-refractivity contribution in [2.45, 2.75) is 6.04 Å². The minimum absolute atomic E-state index is 0. The summed E-state index contributed by atoms with van der Waals surface area (Å²) in [6, 6.07) is 14.4. The number of nitrogens with one attached hydrogen (secondary N) is 2. The Morgan fingerprint density at radius 2 is 1.48 bits per heavy atom. The molecule has 0 unspecified atom stereocenters. The van der Waals surface area contributed by atoms with Crippen molar-refractivity contribution in [1.82, 2.24) is 10.6 Å². The van der Waals surface area contributed by atoms with Crippen LogP contribution in [0.15, 0.2) is 48.5 Å². The molecule has 146 valence electrons. The van der Waals surface area contributed by atoms with Crippen molar-refractivity contribution in [3.05, 3.63) is 59.7 Å². The van der Waals surface area contributed by atoms with Gasteiger partial charge in [0.1, 0.15) is 11.5 Å². The van der Waals surface area contributed by atoms with Crippen molar-refractivity contribution in [1.29, 1.82) is 0 Å². The van der Waals surface area contributed by atoms with E-state index in [-0.39, 0.29) is 37.3 Å². The van der Waals surface area contributed by atoms with Crippen molar-refractivity contribution in [2.24, 2.45) is 5.73 Å². The summed E-state index contributed by atoms with van der Waals surface area (Å²) in [5.41, 5.74) is 6.92. The predicted molar refractivity (Wildman–Crippen MR) is 105 cm³/mol. The minimum atomic E-state index is -0.428. The lowest BCUT2D eigenvalue weighted by molar-refractivity contribution is -0.125. The number of carbonyl (C=O) groups is 2. The van der Waals surface area contributed by atoms with E-state index in [0.29, 0.717) is 11.5 Å². The van der Waals surface area contributed by atoms with Crippen LogP contribution in [0.3, 0.4) is 0 Å². The highest BCUT2D eigenvalue weighted by molar-refractivity contribution is 5.86. The van der Waals surface area contributed by atoms with Gasteiger partial charge >= 0.3 is 0 Å². The van der Waals surface area contributed by atoms with Crippen LogP contribution in [0.5, 0.6) is 11.5 Å². The number of hydrogen-bond donors (Lipinski definition) is 3. The second-order valence-electron chi connectivity index (χ2n) is 5.53. The number of halogens is 1. The molecule has 4 N–H and O–H groups in total. The second kappa shape index (κ2) is 11.1. The molecule has 0 bridgehead atoms. The molecule has 2 rings (SSSR count). The van der Waals surface area contributed by atoms with Gasteiger partial charge in [-0.3, -0.25) is 9.59 Å². The van der Waals surface area contributed by atoms with Crippen LogP contribution in [0.4, 0.5) is 0 Å². The van der Waals surface area contributed by atoms with Crippen molar-refractivity contribution in [3.63, 3.8) is 0 Å². The summed E-state index contributed by atoms with van der Waals surface area (Å²) in [7, 11) is 3.17. The molecule has 0 radical (unpaired) electrons. The molecule has 0 aliphatic carbocycles. The van der Waals surface area contributed by atoms with E-state index in [1.54, 1.807) is 14.2 Å². The summed E-state index contributed by atoms with van der Waals surface area (Å²) < 4.78 is 10.6. The molecule has 0 saturated heterocycles. The number of methoxy groups -OCH3 is 2. The average Bonchev–Trinajstić information content (AvgIpc) is 2.70. The Labute approximate surface area is 164 Å². The van der Waals surface area contributed by atoms with E-state index in [1.165, 1.54) is 0 Å². The first kappa shape index (κ1) is 22.3. The Kier molecular flexibility index (Phi) is 9.12. The van der Waals surface area contributed by atoms with Gasteiger partial charge in [-0.25, -0.2) is 0 Å². The highest BCUT2D eigenvalue weighted by atomic mass is 35.5. The Hall–Kier alpha value is -2.77. The lowest BCUT2D eigenvalue weighted by atomic mass is 9.98. The summed E-state index contributed by atoms with van der Waals surface area (Å²) >= 11 is 0. The smallest absolute Gasteiger partial charge is 0.240 e. The molecule has 27 heavy (non-hydrogen) atoms. The number of rotatable bonds is 8. The molecule has 2 aromatic rings. The SMILES string of the molecule is COc1cccc(C(NC(=O)CNC(=O)CN)c2cccc(OC)c2)c1.Cl. The summed E-state index contributed by atoms with van der Waals surface area (Å²) in [5, 5.41) is 5.39. The van der Waals surface area contributed by atoms with Gasteiger partial charge in [0.05, 0.1) is 33.4 Å². The zero-order valence-corrected chi connectivity index (χ0v) is 16.0. The molecule has 2 aromatic carbocycles. The first-order valence-electron chi connectivity index (χ1n) is 8.11. The topological polar surface area (TPSA) is 103 Å². The monoisotopic (exact) mass is 393 g/mol. The third-order valence-electron chi connectivity index (χ3n) is 3.79. The summed E-state index contributed by atoms with van der Waals surface area (Å²) in [6.07, 6.45) is 0. The van der Waals surface area contributed by atoms with Gasteiger partial charge in [-0.2, -0.15) is 0 Å². The lowest BCUT2D eigenvalue weighted by Crippen LogP contribution is -2.41. The van der Waals surface area contributed by atoms with Gasteiger partial charge in [0.2, 0.25) is 11.8 Å². The Balaban J connectivity index is 0.00000364. The molecule has 7 nitrogen and oxygen atoms in total. The van der Waals surface area contributed by atoms with Crippen LogP contribution in [0, 0.1) is 0 Å². The fourth-order valence-electron chi connectivity index (χ4n) is 2.46.